The van der Waals surface area contributed by atoms with Gasteiger partial charge < -0.3 is 0 Å². The molecular weight excluding hydrogens is 311 g/mol. The number of nitrogens with zero attached hydrogens (tertiary/aromatic N) is 1. The van der Waals surface area contributed by atoms with Gasteiger partial charge in [-0.05, 0) is 54.0 Å². The Morgan fingerprint density at radius 2 is 2.13 bits per heavy atom. The molecule has 1 amide bonds. The largest absolute Gasteiger partial charge is 0.273 e. The molecule has 0 bridgehead atoms. The quantitative estimate of drug-likeness (QED) is 0.515. The second-order valence-corrected chi connectivity index (χ2v) is 6.39. The van der Waals surface area contributed by atoms with Crippen molar-refractivity contribution in [2.75, 3.05) is 6.26 Å². The number of rotatable bonds is 5. The maximum Gasteiger partial charge on any atom is 0.243 e. The number of carbonyl (C=O) groups is 1. The third-order valence-corrected chi connectivity index (χ3v) is 4.61. The zero-order valence-electron chi connectivity index (χ0n) is 12.7. The van der Waals surface area contributed by atoms with Gasteiger partial charge in [0.25, 0.3) is 0 Å². The molecule has 23 heavy (non-hydrogen) atoms. The molecule has 118 valence electrons. The molecule has 0 saturated heterocycles. The number of carbonyl (C=O) groups excluding carboxylic acids is 1. The van der Waals surface area contributed by atoms with Crippen LogP contribution in [0.25, 0.3) is 0 Å². The van der Waals surface area contributed by atoms with Gasteiger partial charge in [0.05, 0.1) is 6.21 Å². The van der Waals surface area contributed by atoms with Gasteiger partial charge in [0, 0.05) is 10.8 Å². The second-order valence-electron chi connectivity index (χ2n) is 5.51. The molecule has 2 aromatic carbocycles. The van der Waals surface area contributed by atoms with Crippen LogP contribution < -0.4 is 5.43 Å². The molecule has 2 unspecified atom stereocenters. The molecule has 0 radical (unpaired) electrons. The molecule has 2 atom stereocenters. The Morgan fingerprint density at radius 3 is 2.91 bits per heavy atom. The summed E-state index contributed by atoms with van der Waals surface area (Å²) in [4.78, 5) is 13.2. The first-order valence-electron chi connectivity index (χ1n) is 7.40. The van der Waals surface area contributed by atoms with Gasteiger partial charge in [-0.15, -0.1) is 11.8 Å². The van der Waals surface area contributed by atoms with E-state index in [9.17, 15) is 9.18 Å². The minimum Gasteiger partial charge on any atom is -0.273 e. The van der Waals surface area contributed by atoms with Gasteiger partial charge in [-0.2, -0.15) is 5.10 Å². The van der Waals surface area contributed by atoms with Crippen molar-refractivity contribution in [1.29, 1.82) is 0 Å². The Bertz CT molecular complexity index is 747. The summed E-state index contributed by atoms with van der Waals surface area (Å²) in [6.45, 7) is 0. The molecule has 2 aromatic rings. The summed E-state index contributed by atoms with van der Waals surface area (Å²) in [5, 5.41) is 4.02. The molecule has 0 aromatic heterocycles. The molecule has 3 rings (SSSR count). The summed E-state index contributed by atoms with van der Waals surface area (Å²) < 4.78 is 13.2. The van der Waals surface area contributed by atoms with Crippen LogP contribution in [0.2, 0.25) is 0 Å². The lowest BCUT2D eigenvalue weighted by atomic mass is 10.1. The normalized spacial score (nSPS) is 19.7. The molecular formula is C18H17FN2OS. The molecule has 3 nitrogen and oxygen atoms in total. The van der Waals surface area contributed by atoms with Gasteiger partial charge in [-0.1, -0.05) is 24.3 Å². The van der Waals surface area contributed by atoms with E-state index in [0.717, 1.165) is 22.4 Å². The van der Waals surface area contributed by atoms with Crippen molar-refractivity contribution in [3.8, 4) is 0 Å². The summed E-state index contributed by atoms with van der Waals surface area (Å²) in [6.07, 6.45) is 4.39. The Balaban J connectivity index is 1.55. The average molecular weight is 328 g/mol. The van der Waals surface area contributed by atoms with E-state index in [1.807, 2.05) is 36.6 Å². The third-order valence-electron chi connectivity index (χ3n) is 3.89. The number of hydrogen-bond acceptors (Lipinski definition) is 3. The first-order chi connectivity index (χ1) is 11.2. The molecule has 0 spiro atoms. The van der Waals surface area contributed by atoms with E-state index in [1.165, 1.54) is 12.1 Å². The fourth-order valence-electron chi connectivity index (χ4n) is 2.57. The van der Waals surface area contributed by atoms with Gasteiger partial charge in [-0.3, -0.25) is 4.79 Å². The number of hydrogen-bond donors (Lipinski definition) is 1. The highest BCUT2D eigenvalue weighted by Gasteiger charge is 2.44. The molecule has 1 saturated carbocycles. The SMILES string of the molecule is CSc1cccc(C=NNC(=O)C2CC2c2cccc(F)c2)c1. The fourth-order valence-corrected chi connectivity index (χ4v) is 3.03. The maximum atomic E-state index is 13.2. The Hall–Kier alpha value is -2.14. The molecule has 1 aliphatic carbocycles. The van der Waals surface area contributed by atoms with Gasteiger partial charge in [0.2, 0.25) is 5.91 Å². The highest BCUT2D eigenvalue weighted by Crippen LogP contribution is 2.47. The summed E-state index contributed by atoms with van der Waals surface area (Å²) in [5.41, 5.74) is 4.39. The van der Waals surface area contributed by atoms with Crippen molar-refractivity contribution in [2.24, 2.45) is 11.0 Å². The van der Waals surface area contributed by atoms with Gasteiger partial charge in [0.1, 0.15) is 5.82 Å². The molecule has 5 heteroatoms. The Labute approximate surface area is 139 Å². The van der Waals surface area contributed by atoms with Crippen molar-refractivity contribution >= 4 is 23.9 Å². The van der Waals surface area contributed by atoms with E-state index in [4.69, 9.17) is 0 Å². The topological polar surface area (TPSA) is 41.5 Å². The van der Waals surface area contributed by atoms with E-state index in [0.29, 0.717) is 0 Å². The third kappa shape index (κ3) is 3.99. The maximum absolute atomic E-state index is 13.2. The van der Waals surface area contributed by atoms with E-state index in [-0.39, 0.29) is 23.6 Å². The van der Waals surface area contributed by atoms with Crippen LogP contribution >= 0.6 is 11.8 Å². The van der Waals surface area contributed by atoms with E-state index in [2.05, 4.69) is 10.5 Å². The Kier molecular flexibility index (Phi) is 4.76. The average Bonchev–Trinajstić information content (AvgIpc) is 3.36. The van der Waals surface area contributed by atoms with Crippen molar-refractivity contribution in [3.05, 3.63) is 65.5 Å². The number of halogens is 1. The van der Waals surface area contributed by atoms with Crippen LogP contribution in [0.4, 0.5) is 4.39 Å². The number of hydrazone groups is 1. The smallest absolute Gasteiger partial charge is 0.243 e. The zero-order chi connectivity index (χ0) is 16.2. The number of amides is 1. The molecule has 0 aliphatic heterocycles. The lowest BCUT2D eigenvalue weighted by Gasteiger charge is -2.01. The molecule has 1 fully saturated rings. The summed E-state index contributed by atoms with van der Waals surface area (Å²) >= 11 is 1.66. The minimum atomic E-state index is -0.264. The Morgan fingerprint density at radius 1 is 1.30 bits per heavy atom. The van der Waals surface area contributed by atoms with Crippen molar-refractivity contribution in [2.45, 2.75) is 17.2 Å². The first-order valence-corrected chi connectivity index (χ1v) is 8.62. The molecule has 1 N–H and O–H groups in total. The number of benzene rings is 2. The van der Waals surface area contributed by atoms with Gasteiger partial charge in [0.15, 0.2) is 0 Å². The van der Waals surface area contributed by atoms with Crippen molar-refractivity contribution < 1.29 is 9.18 Å². The van der Waals surface area contributed by atoms with Crippen LogP contribution in [-0.4, -0.2) is 18.4 Å². The van der Waals surface area contributed by atoms with Crippen LogP contribution in [-0.2, 0) is 4.79 Å². The van der Waals surface area contributed by atoms with Crippen LogP contribution in [0.5, 0.6) is 0 Å². The monoisotopic (exact) mass is 328 g/mol. The van der Waals surface area contributed by atoms with Crippen molar-refractivity contribution in [3.63, 3.8) is 0 Å². The van der Waals surface area contributed by atoms with E-state index in [1.54, 1.807) is 24.0 Å². The standard InChI is InChI=1S/C18H17FN2OS/c1-23-15-7-2-4-12(8-15)11-20-21-18(22)17-10-16(17)13-5-3-6-14(19)9-13/h2-9,11,16-17H,10H2,1H3,(H,21,22). The molecule has 1 aliphatic rings. The fraction of sp³-hybridized carbons (Fsp3) is 0.222. The van der Waals surface area contributed by atoms with Crippen LogP contribution in [0, 0.1) is 11.7 Å². The summed E-state index contributed by atoms with van der Waals surface area (Å²) in [6, 6.07) is 14.4. The summed E-state index contributed by atoms with van der Waals surface area (Å²) in [7, 11) is 0. The lowest BCUT2D eigenvalue weighted by Crippen LogP contribution is -2.20. The highest BCUT2D eigenvalue weighted by molar-refractivity contribution is 7.98. The number of thioether (sulfide) groups is 1. The second kappa shape index (κ2) is 6.96. The number of nitrogens with one attached hydrogen (secondary N) is 1. The summed E-state index contributed by atoms with van der Waals surface area (Å²) in [5.74, 6) is -0.399. The van der Waals surface area contributed by atoms with E-state index >= 15 is 0 Å². The predicted molar refractivity (Wildman–Crippen MR) is 91.2 cm³/mol. The minimum absolute atomic E-state index is 0.0979. The van der Waals surface area contributed by atoms with Crippen LogP contribution in [0.3, 0.4) is 0 Å². The highest BCUT2D eigenvalue weighted by atomic mass is 32.2. The van der Waals surface area contributed by atoms with Crippen molar-refractivity contribution in [1.82, 2.24) is 5.43 Å². The first kappa shape index (κ1) is 15.7. The molecule has 0 heterocycles. The lowest BCUT2D eigenvalue weighted by molar-refractivity contribution is -0.122. The van der Waals surface area contributed by atoms with Crippen LogP contribution in [0.15, 0.2) is 58.5 Å². The van der Waals surface area contributed by atoms with Gasteiger partial charge >= 0.3 is 0 Å². The predicted octanol–water partition coefficient (Wildman–Crippen LogP) is 3.80. The van der Waals surface area contributed by atoms with E-state index < -0.39 is 0 Å². The van der Waals surface area contributed by atoms with Crippen LogP contribution in [0.1, 0.15) is 23.5 Å². The zero-order valence-corrected chi connectivity index (χ0v) is 13.5. The van der Waals surface area contributed by atoms with Gasteiger partial charge in [-0.25, -0.2) is 9.82 Å².